The first-order valence-electron chi connectivity index (χ1n) is 10.00. The van der Waals surface area contributed by atoms with Gasteiger partial charge in [-0.25, -0.2) is 0 Å². The van der Waals surface area contributed by atoms with Gasteiger partial charge < -0.3 is 15.5 Å². The minimum atomic E-state index is -0.128. The summed E-state index contributed by atoms with van der Waals surface area (Å²) in [5.74, 6) is 2.09. The lowest BCUT2D eigenvalue weighted by atomic mass is 9.86. The van der Waals surface area contributed by atoms with Crippen molar-refractivity contribution in [1.82, 2.24) is 15.5 Å². The number of fused-ring (bicyclic) bond motifs is 2. The van der Waals surface area contributed by atoms with Crippen LogP contribution in [-0.2, 0) is 16.1 Å². The number of carbonyl (C=O) groups excluding carboxylic acids is 3. The van der Waals surface area contributed by atoms with Gasteiger partial charge in [-0.3, -0.25) is 14.4 Å². The third-order valence-electron chi connectivity index (χ3n) is 6.35. The zero-order valence-corrected chi connectivity index (χ0v) is 15.6. The number of amides is 3. The normalized spacial score (nSPS) is 26.7. The fraction of sp³-hybridized carbons (Fsp3) is 0.571. The van der Waals surface area contributed by atoms with E-state index in [0.717, 1.165) is 17.4 Å². The lowest BCUT2D eigenvalue weighted by Gasteiger charge is -2.26. The van der Waals surface area contributed by atoms with Gasteiger partial charge in [0.1, 0.15) is 0 Å². The number of hydrogen-bond acceptors (Lipinski definition) is 3. The zero-order chi connectivity index (χ0) is 18.8. The van der Waals surface area contributed by atoms with Crippen molar-refractivity contribution < 1.29 is 14.4 Å². The highest BCUT2D eigenvalue weighted by atomic mass is 16.2. The maximum absolute atomic E-state index is 12.5. The van der Waals surface area contributed by atoms with Crippen molar-refractivity contribution in [2.45, 2.75) is 38.6 Å². The topological polar surface area (TPSA) is 78.5 Å². The van der Waals surface area contributed by atoms with Crippen LogP contribution in [0.25, 0.3) is 0 Å². The quantitative estimate of drug-likeness (QED) is 0.829. The minimum Gasteiger partial charge on any atom is -0.353 e. The van der Waals surface area contributed by atoms with Crippen LogP contribution >= 0.6 is 0 Å². The van der Waals surface area contributed by atoms with Crippen LogP contribution in [0.15, 0.2) is 24.3 Å². The number of nitrogens with one attached hydrogen (secondary N) is 2. The van der Waals surface area contributed by atoms with Crippen LogP contribution < -0.4 is 10.6 Å². The third-order valence-corrected chi connectivity index (χ3v) is 6.35. The van der Waals surface area contributed by atoms with E-state index in [4.69, 9.17) is 0 Å². The fourth-order valence-corrected chi connectivity index (χ4v) is 4.90. The average molecular weight is 369 g/mol. The molecule has 1 aromatic rings. The molecule has 27 heavy (non-hydrogen) atoms. The van der Waals surface area contributed by atoms with E-state index < -0.39 is 0 Å². The maximum atomic E-state index is 12.5. The molecule has 0 radical (unpaired) electrons. The smallest absolute Gasteiger partial charge is 0.254 e. The molecular weight excluding hydrogens is 342 g/mol. The molecule has 144 valence electrons. The Morgan fingerprint density at radius 2 is 1.96 bits per heavy atom. The van der Waals surface area contributed by atoms with Crippen LogP contribution in [0.4, 0.5) is 0 Å². The highest BCUT2D eigenvalue weighted by Gasteiger charge is 2.40. The van der Waals surface area contributed by atoms with Gasteiger partial charge in [-0.1, -0.05) is 18.6 Å². The molecule has 3 atom stereocenters. The van der Waals surface area contributed by atoms with Crippen molar-refractivity contribution in [2.75, 3.05) is 19.6 Å². The van der Waals surface area contributed by atoms with E-state index >= 15 is 0 Å². The standard InChI is InChI=1S/C21H27N3O3/c25-19(11-18-10-15-3-6-17(18)9-15)23-12-14-1-4-16(5-2-14)21(27)24-8-7-22-20(26)13-24/h1-2,4-5,15,17-18H,3,6-13H2,(H,22,26)(H,23,25). The Morgan fingerprint density at radius 3 is 2.63 bits per heavy atom. The highest BCUT2D eigenvalue weighted by Crippen LogP contribution is 2.49. The molecule has 2 bridgehead atoms. The molecule has 3 amide bonds. The largest absolute Gasteiger partial charge is 0.353 e. The SMILES string of the molecule is O=C(CC1CC2CCC1C2)NCc1ccc(C(=O)N2CCNC(=O)C2)cc1. The molecular formula is C21H27N3O3. The van der Waals surface area contributed by atoms with Crippen molar-refractivity contribution in [3.8, 4) is 0 Å². The second-order valence-electron chi connectivity index (χ2n) is 8.19. The molecule has 3 unspecified atom stereocenters. The Kier molecular flexibility index (Phi) is 5.14. The van der Waals surface area contributed by atoms with Crippen LogP contribution in [0.5, 0.6) is 0 Å². The van der Waals surface area contributed by atoms with Crippen LogP contribution in [0.3, 0.4) is 0 Å². The van der Waals surface area contributed by atoms with Crippen molar-refractivity contribution in [3.05, 3.63) is 35.4 Å². The molecule has 3 fully saturated rings. The first-order chi connectivity index (χ1) is 13.1. The molecule has 1 aliphatic heterocycles. The van der Waals surface area contributed by atoms with Gasteiger partial charge in [-0.05, 0) is 54.7 Å². The summed E-state index contributed by atoms with van der Waals surface area (Å²) < 4.78 is 0. The molecule has 2 saturated carbocycles. The number of rotatable bonds is 5. The second-order valence-corrected chi connectivity index (χ2v) is 8.19. The Morgan fingerprint density at radius 1 is 1.15 bits per heavy atom. The van der Waals surface area contributed by atoms with Crippen LogP contribution in [0.1, 0.15) is 48.0 Å². The number of hydrogen-bond donors (Lipinski definition) is 2. The number of nitrogens with zero attached hydrogens (tertiary/aromatic N) is 1. The van der Waals surface area contributed by atoms with E-state index in [1.54, 1.807) is 17.0 Å². The molecule has 2 aliphatic carbocycles. The molecule has 6 nitrogen and oxygen atoms in total. The van der Waals surface area contributed by atoms with Gasteiger partial charge in [0.2, 0.25) is 11.8 Å². The molecule has 2 N–H and O–H groups in total. The summed E-state index contributed by atoms with van der Waals surface area (Å²) in [6, 6.07) is 7.28. The summed E-state index contributed by atoms with van der Waals surface area (Å²) in [4.78, 5) is 37.7. The predicted octanol–water partition coefficient (Wildman–Crippen LogP) is 1.70. The molecule has 0 spiro atoms. The van der Waals surface area contributed by atoms with Crippen LogP contribution in [0, 0.1) is 17.8 Å². The van der Waals surface area contributed by atoms with E-state index in [1.165, 1.54) is 25.7 Å². The van der Waals surface area contributed by atoms with Crippen molar-refractivity contribution in [1.29, 1.82) is 0 Å². The van der Waals surface area contributed by atoms with Crippen molar-refractivity contribution in [2.24, 2.45) is 17.8 Å². The monoisotopic (exact) mass is 369 g/mol. The van der Waals surface area contributed by atoms with E-state index in [1.807, 2.05) is 12.1 Å². The van der Waals surface area contributed by atoms with Gasteiger partial charge in [0.05, 0.1) is 6.54 Å². The molecule has 4 rings (SSSR count). The van der Waals surface area contributed by atoms with Gasteiger partial charge in [0.25, 0.3) is 5.91 Å². The lowest BCUT2D eigenvalue weighted by Crippen LogP contribution is -2.49. The molecule has 1 aromatic carbocycles. The average Bonchev–Trinajstić information content (AvgIpc) is 3.29. The number of carbonyl (C=O) groups is 3. The van der Waals surface area contributed by atoms with Gasteiger partial charge in [0.15, 0.2) is 0 Å². The van der Waals surface area contributed by atoms with E-state index in [9.17, 15) is 14.4 Å². The first kappa shape index (κ1) is 18.0. The van der Waals surface area contributed by atoms with E-state index in [2.05, 4.69) is 10.6 Å². The summed E-state index contributed by atoms with van der Waals surface area (Å²) in [5.41, 5.74) is 1.55. The fourth-order valence-electron chi connectivity index (χ4n) is 4.90. The van der Waals surface area contributed by atoms with Crippen LogP contribution in [-0.4, -0.2) is 42.3 Å². The zero-order valence-electron chi connectivity index (χ0n) is 15.6. The lowest BCUT2D eigenvalue weighted by molar-refractivity contribution is -0.123. The van der Waals surface area contributed by atoms with E-state index in [-0.39, 0.29) is 24.3 Å². The molecule has 1 saturated heterocycles. The minimum absolute atomic E-state index is 0.111. The summed E-state index contributed by atoms with van der Waals surface area (Å²) in [7, 11) is 0. The Bertz CT molecular complexity index is 731. The van der Waals surface area contributed by atoms with E-state index in [0.29, 0.717) is 37.5 Å². The summed E-state index contributed by atoms with van der Waals surface area (Å²) in [5, 5.41) is 5.73. The Balaban J connectivity index is 1.26. The van der Waals surface area contributed by atoms with Gasteiger partial charge in [-0.15, -0.1) is 0 Å². The van der Waals surface area contributed by atoms with Gasteiger partial charge in [0, 0.05) is 31.6 Å². The Hall–Kier alpha value is -2.37. The third kappa shape index (κ3) is 4.15. The molecule has 6 heteroatoms. The molecule has 3 aliphatic rings. The molecule has 0 aromatic heterocycles. The summed E-state index contributed by atoms with van der Waals surface area (Å²) in [6.07, 6.45) is 5.86. The summed E-state index contributed by atoms with van der Waals surface area (Å²) in [6.45, 7) is 1.63. The number of piperazine rings is 1. The Labute approximate surface area is 159 Å². The second kappa shape index (κ2) is 7.71. The molecule has 1 heterocycles. The van der Waals surface area contributed by atoms with Crippen molar-refractivity contribution >= 4 is 17.7 Å². The summed E-state index contributed by atoms with van der Waals surface area (Å²) >= 11 is 0. The number of benzene rings is 1. The van der Waals surface area contributed by atoms with Crippen molar-refractivity contribution in [3.63, 3.8) is 0 Å². The maximum Gasteiger partial charge on any atom is 0.254 e. The highest BCUT2D eigenvalue weighted by molar-refractivity contribution is 5.97. The van der Waals surface area contributed by atoms with Crippen LogP contribution in [0.2, 0.25) is 0 Å². The first-order valence-corrected chi connectivity index (χ1v) is 10.00. The van der Waals surface area contributed by atoms with Gasteiger partial charge in [-0.2, -0.15) is 0 Å². The van der Waals surface area contributed by atoms with Gasteiger partial charge >= 0.3 is 0 Å². The predicted molar refractivity (Wildman–Crippen MR) is 101 cm³/mol.